The molecule has 2 aliphatic rings. The fraction of sp³-hybridized carbons (Fsp3) is 0.475. The van der Waals surface area contributed by atoms with Gasteiger partial charge < -0.3 is 19.4 Å². The SMILES string of the molecule is C=CC#N.Cc1cn2c(=O)c(-c3cnn(CC(F)(F)C(F)(F)F)c3)c(C(F)(F)F)nc2[nH]1.Cc1cn2c(=O)c(-c3cnn(CC(F)(F)C(F)(F)F)c3)c(C(F)(F)F)nc2n1CC1COC1.OCC1CCC1. The van der Waals surface area contributed by atoms with Crippen molar-refractivity contribution in [2.45, 2.75) is 89.3 Å². The summed E-state index contributed by atoms with van der Waals surface area (Å²) in [7, 11) is 0. The van der Waals surface area contributed by atoms with Gasteiger partial charge in [0, 0.05) is 72.4 Å². The molecular weight excluding hydrogens is 1000 g/mol. The number of aliphatic hydroxyl groups is 1. The van der Waals surface area contributed by atoms with E-state index >= 15 is 0 Å². The van der Waals surface area contributed by atoms with Crippen molar-refractivity contribution in [3.8, 4) is 28.3 Å². The molecule has 0 aromatic carbocycles. The lowest BCUT2D eigenvalue weighted by Crippen LogP contribution is -2.40. The Morgan fingerprint density at radius 3 is 1.58 bits per heavy atom. The number of nitrogens with zero attached hydrogens (tertiary/aromatic N) is 10. The zero-order valence-electron chi connectivity index (χ0n) is 36.5. The second kappa shape index (κ2) is 20.6. The number of aliphatic hydroxyl groups excluding tert-OH is 1. The Morgan fingerprint density at radius 1 is 0.746 bits per heavy atom. The van der Waals surface area contributed by atoms with Crippen molar-refractivity contribution in [1.29, 1.82) is 5.26 Å². The molecule has 6 aromatic heterocycles. The predicted molar refractivity (Wildman–Crippen MR) is 214 cm³/mol. The Morgan fingerprint density at radius 2 is 1.21 bits per heavy atom. The fourth-order valence-electron chi connectivity index (χ4n) is 6.61. The van der Waals surface area contributed by atoms with Crippen LogP contribution in [0.4, 0.5) is 70.2 Å². The van der Waals surface area contributed by atoms with Crippen LogP contribution in [0.1, 0.15) is 42.0 Å². The Hall–Kier alpha value is -6.71. The van der Waals surface area contributed by atoms with Gasteiger partial charge in [-0.15, -0.1) is 0 Å². The van der Waals surface area contributed by atoms with Crippen LogP contribution in [0.2, 0.25) is 0 Å². The van der Waals surface area contributed by atoms with Crippen molar-refractivity contribution in [1.82, 2.24) is 47.9 Å². The van der Waals surface area contributed by atoms with Crippen molar-refractivity contribution in [3.63, 3.8) is 0 Å². The number of halogens is 16. The Balaban J connectivity index is 0.000000223. The van der Waals surface area contributed by atoms with Crippen LogP contribution in [0.15, 0.2) is 59.4 Å². The van der Waals surface area contributed by atoms with E-state index in [4.69, 9.17) is 15.1 Å². The van der Waals surface area contributed by atoms with Gasteiger partial charge in [-0.25, -0.2) is 9.97 Å². The number of hydrogen-bond donors (Lipinski definition) is 2. The Labute approximate surface area is 387 Å². The average molecular weight is 1040 g/mol. The first-order valence-corrected chi connectivity index (χ1v) is 20.3. The third-order valence-corrected chi connectivity index (χ3v) is 10.5. The Bertz CT molecular complexity index is 2990. The number of ether oxygens (including phenoxy) is 1. The first-order valence-electron chi connectivity index (χ1n) is 20.3. The molecule has 31 heteroatoms. The van der Waals surface area contributed by atoms with Crippen LogP contribution in [-0.4, -0.2) is 97.0 Å². The number of aromatic amines is 1. The summed E-state index contributed by atoms with van der Waals surface area (Å²) in [4.78, 5) is 34.9. The first-order chi connectivity index (χ1) is 32.7. The highest BCUT2D eigenvalue weighted by Gasteiger charge is 2.58. The maximum Gasteiger partial charge on any atom is 0.455 e. The number of alkyl halides is 16. The van der Waals surface area contributed by atoms with Crippen molar-refractivity contribution in [2.24, 2.45) is 11.8 Å². The summed E-state index contributed by atoms with van der Waals surface area (Å²) >= 11 is 0. The third-order valence-electron chi connectivity index (χ3n) is 10.5. The molecule has 6 aromatic rings. The third kappa shape index (κ3) is 12.4. The minimum Gasteiger partial charge on any atom is -0.396 e. The lowest BCUT2D eigenvalue weighted by molar-refractivity contribution is -0.287. The van der Waals surface area contributed by atoms with E-state index in [9.17, 15) is 79.8 Å². The van der Waals surface area contributed by atoms with E-state index in [-0.39, 0.29) is 27.6 Å². The number of rotatable bonds is 9. The predicted octanol–water partition coefficient (Wildman–Crippen LogP) is 8.42. The summed E-state index contributed by atoms with van der Waals surface area (Å²) in [6.45, 7) is 3.70. The second-order valence-corrected chi connectivity index (χ2v) is 15.9. The number of nitriles is 1. The normalized spacial score (nSPS) is 14.9. The molecule has 1 aliphatic carbocycles. The number of allylic oxidation sites excluding steroid dienone is 1. The maximum atomic E-state index is 13.8. The summed E-state index contributed by atoms with van der Waals surface area (Å²) < 4.78 is 217. The van der Waals surface area contributed by atoms with E-state index < -0.39 is 100 Å². The van der Waals surface area contributed by atoms with Gasteiger partial charge in [0.1, 0.15) is 13.1 Å². The van der Waals surface area contributed by atoms with E-state index in [1.54, 1.807) is 13.0 Å². The van der Waals surface area contributed by atoms with Gasteiger partial charge in [-0.1, -0.05) is 13.0 Å². The zero-order chi connectivity index (χ0) is 53.2. The van der Waals surface area contributed by atoms with Gasteiger partial charge in [-0.05, 0) is 32.6 Å². The van der Waals surface area contributed by atoms with Crippen LogP contribution in [0.25, 0.3) is 33.8 Å². The van der Waals surface area contributed by atoms with E-state index in [1.807, 2.05) is 0 Å². The molecule has 1 saturated heterocycles. The maximum absolute atomic E-state index is 13.8. The molecule has 0 spiro atoms. The molecule has 0 radical (unpaired) electrons. The minimum atomic E-state index is -5.89. The van der Waals surface area contributed by atoms with E-state index in [0.29, 0.717) is 61.9 Å². The standard InChI is InChI=1S/C18H15F8N5O2.C14H9F8N5O.C5H10O.C3H3N/c1-9-3-31-14(32)12(11-2-27-29(5-11)8-16(19,20)18(24,25)26)13(17(21,22)23)28-15(31)30(9)4-10-6-33-7-10;1-6-3-27-10(28)8(9(13(17,18)19)25-11(27)24-6)7-2-23-26(4-7)5-12(15,16)14(20,21)22;6-4-5-2-1-3-5;1-2-3-4/h2-3,5,10H,4,6-8H2,1H3;2-4H,5H2,1H3,(H,24,25);5-6H,1-4H2;2H,1H2. The van der Waals surface area contributed by atoms with Crippen molar-refractivity contribution in [3.05, 3.63) is 93.3 Å². The summed E-state index contributed by atoms with van der Waals surface area (Å²) in [5.74, 6) is -10.3. The molecule has 2 fully saturated rings. The molecule has 0 unspecified atom stereocenters. The average Bonchev–Trinajstić information content (AvgIpc) is 4.01. The number of imidazole rings is 2. The molecular formula is C40H37F16N11O4. The largest absolute Gasteiger partial charge is 0.455 e. The summed E-state index contributed by atoms with van der Waals surface area (Å²) in [6, 6.07) is 1.69. The number of hydrogen-bond acceptors (Lipinski definition) is 9. The lowest BCUT2D eigenvalue weighted by Gasteiger charge is -2.26. The monoisotopic (exact) mass is 1040 g/mol. The van der Waals surface area contributed by atoms with Crippen LogP contribution in [-0.2, 0) is 36.7 Å². The molecule has 7 heterocycles. The van der Waals surface area contributed by atoms with Crippen molar-refractivity contribution < 1.29 is 80.1 Å². The van der Waals surface area contributed by atoms with Crippen LogP contribution < -0.4 is 11.1 Å². The van der Waals surface area contributed by atoms with Crippen LogP contribution >= 0.6 is 0 Å². The van der Waals surface area contributed by atoms with Gasteiger partial charge in [0.15, 0.2) is 11.4 Å². The number of fused-ring (bicyclic) bond motifs is 2. The van der Waals surface area contributed by atoms with Gasteiger partial charge in [0.2, 0.25) is 11.6 Å². The van der Waals surface area contributed by atoms with Gasteiger partial charge in [0.25, 0.3) is 11.1 Å². The zero-order valence-corrected chi connectivity index (χ0v) is 36.5. The van der Waals surface area contributed by atoms with Crippen molar-refractivity contribution in [2.75, 3.05) is 19.8 Å². The fourth-order valence-corrected chi connectivity index (χ4v) is 6.61. The van der Waals surface area contributed by atoms with Crippen LogP contribution in [0.5, 0.6) is 0 Å². The van der Waals surface area contributed by atoms with Gasteiger partial charge in [0.05, 0.1) is 42.8 Å². The minimum absolute atomic E-state index is 0.0272. The number of H-pyrrole nitrogens is 1. The second-order valence-electron chi connectivity index (χ2n) is 15.9. The van der Waals surface area contributed by atoms with E-state index in [0.717, 1.165) is 15.0 Å². The highest BCUT2D eigenvalue weighted by atomic mass is 19.4. The molecule has 1 saturated carbocycles. The Kier molecular flexibility index (Phi) is 16.0. The first kappa shape index (κ1) is 55.2. The molecule has 388 valence electrons. The van der Waals surface area contributed by atoms with E-state index in [1.165, 1.54) is 43.0 Å². The topological polar surface area (TPSA) is 178 Å². The van der Waals surface area contributed by atoms with Crippen LogP contribution in [0.3, 0.4) is 0 Å². The van der Waals surface area contributed by atoms with Crippen LogP contribution in [0, 0.1) is 37.0 Å². The quantitative estimate of drug-likeness (QED) is 0.106. The molecule has 0 amide bonds. The highest BCUT2D eigenvalue weighted by molar-refractivity contribution is 5.67. The summed E-state index contributed by atoms with van der Waals surface area (Å²) in [5, 5.41) is 22.4. The van der Waals surface area contributed by atoms with Gasteiger partial charge in [-0.2, -0.15) is 85.7 Å². The van der Waals surface area contributed by atoms with E-state index in [2.05, 4.69) is 31.7 Å². The molecule has 0 atom stereocenters. The smallest absolute Gasteiger partial charge is 0.396 e. The number of aromatic nitrogens is 10. The molecule has 8 rings (SSSR count). The number of nitrogens with one attached hydrogen (secondary N) is 1. The van der Waals surface area contributed by atoms with Gasteiger partial charge in [-0.3, -0.25) is 27.8 Å². The lowest BCUT2D eigenvalue weighted by atomic mass is 9.86. The molecule has 0 bridgehead atoms. The summed E-state index contributed by atoms with van der Waals surface area (Å²) in [5.41, 5.74) is -8.05. The summed E-state index contributed by atoms with van der Waals surface area (Å²) in [6.07, 6.45) is -12.3. The van der Waals surface area contributed by atoms with Crippen molar-refractivity contribution >= 4 is 11.6 Å². The molecule has 15 nitrogen and oxygen atoms in total. The molecule has 2 N–H and O–H groups in total. The molecule has 71 heavy (non-hydrogen) atoms. The van der Waals surface area contributed by atoms with Gasteiger partial charge >= 0.3 is 36.6 Å². The molecule has 1 aliphatic heterocycles. The highest BCUT2D eigenvalue weighted by Crippen LogP contribution is 2.40. The number of aryl methyl sites for hydroxylation is 2.